The first-order chi connectivity index (χ1) is 13.2. The summed E-state index contributed by atoms with van der Waals surface area (Å²) in [5, 5.41) is 2.87. The van der Waals surface area contributed by atoms with Gasteiger partial charge in [0.15, 0.2) is 0 Å². The van der Waals surface area contributed by atoms with E-state index in [1.165, 1.54) is 19.3 Å². The number of carbonyl (C=O) groups excluding carboxylic acids is 1. The monoisotopic (exact) mass is 410 g/mol. The first-order valence-electron chi connectivity index (χ1n) is 10.2. The van der Waals surface area contributed by atoms with Gasteiger partial charge in [-0.2, -0.15) is 0 Å². The van der Waals surface area contributed by atoms with Crippen LogP contribution in [0.25, 0.3) is 0 Å². The molecule has 28 heavy (non-hydrogen) atoms. The number of rotatable bonds is 9. The molecule has 1 aliphatic rings. The zero-order valence-corrected chi connectivity index (χ0v) is 18.1. The van der Waals surface area contributed by atoms with Crippen LogP contribution in [-0.4, -0.2) is 31.7 Å². The molecule has 1 aliphatic carbocycles. The van der Waals surface area contributed by atoms with Gasteiger partial charge in [-0.15, -0.1) is 0 Å². The van der Waals surface area contributed by atoms with Gasteiger partial charge in [-0.3, -0.25) is 4.79 Å². The third-order valence-electron chi connectivity index (χ3n) is 4.92. The SMILES string of the molecule is CC(C)(C)S(=O)(=O)NCCCCC(=O)Nc1ccc(OC2CCCCC2)cc1. The van der Waals surface area contributed by atoms with Crippen molar-refractivity contribution in [3.63, 3.8) is 0 Å². The molecular formula is C21H34N2O4S. The number of amides is 1. The van der Waals surface area contributed by atoms with Crippen LogP contribution in [0.3, 0.4) is 0 Å². The van der Waals surface area contributed by atoms with E-state index in [-0.39, 0.29) is 5.91 Å². The van der Waals surface area contributed by atoms with Gasteiger partial charge >= 0.3 is 0 Å². The van der Waals surface area contributed by atoms with Crippen molar-refractivity contribution in [2.24, 2.45) is 0 Å². The number of sulfonamides is 1. The van der Waals surface area contributed by atoms with E-state index in [0.717, 1.165) is 24.3 Å². The lowest BCUT2D eigenvalue weighted by Gasteiger charge is -2.23. The molecule has 1 saturated carbocycles. The predicted octanol–water partition coefficient (Wildman–Crippen LogP) is 4.22. The van der Waals surface area contributed by atoms with Gasteiger partial charge in [0, 0.05) is 18.7 Å². The summed E-state index contributed by atoms with van der Waals surface area (Å²) in [6.45, 7) is 5.33. The molecule has 0 unspecified atom stereocenters. The second kappa shape index (κ2) is 10.3. The zero-order chi connectivity index (χ0) is 20.6. The molecule has 0 saturated heterocycles. The highest BCUT2D eigenvalue weighted by molar-refractivity contribution is 7.90. The number of nitrogens with one attached hydrogen (secondary N) is 2. The molecule has 0 bridgehead atoms. The number of anilines is 1. The van der Waals surface area contributed by atoms with Gasteiger partial charge in [0.1, 0.15) is 5.75 Å². The van der Waals surface area contributed by atoms with Crippen LogP contribution in [0.5, 0.6) is 5.75 Å². The molecular weight excluding hydrogens is 376 g/mol. The molecule has 1 aromatic carbocycles. The summed E-state index contributed by atoms with van der Waals surface area (Å²) < 4.78 is 31.6. The average Bonchev–Trinajstić information content (AvgIpc) is 2.63. The summed E-state index contributed by atoms with van der Waals surface area (Å²) in [7, 11) is -3.32. The molecule has 0 atom stereocenters. The van der Waals surface area contributed by atoms with Crippen LogP contribution in [0.15, 0.2) is 24.3 Å². The van der Waals surface area contributed by atoms with Crippen molar-refractivity contribution < 1.29 is 17.9 Å². The Morgan fingerprint density at radius 1 is 1.07 bits per heavy atom. The van der Waals surface area contributed by atoms with Crippen LogP contribution in [0.4, 0.5) is 5.69 Å². The molecule has 1 fully saturated rings. The number of benzene rings is 1. The molecule has 0 spiro atoms. The Bertz CT molecular complexity index is 718. The molecule has 1 amide bonds. The van der Waals surface area contributed by atoms with E-state index in [9.17, 15) is 13.2 Å². The minimum atomic E-state index is -3.32. The molecule has 0 aromatic heterocycles. The van der Waals surface area contributed by atoms with Gasteiger partial charge in [-0.05, 0) is 83.6 Å². The lowest BCUT2D eigenvalue weighted by atomic mass is 9.98. The fourth-order valence-corrected chi connectivity index (χ4v) is 3.90. The Balaban J connectivity index is 1.66. The number of hydrogen-bond acceptors (Lipinski definition) is 4. The molecule has 1 aromatic rings. The van der Waals surface area contributed by atoms with Crippen molar-refractivity contribution in [3.05, 3.63) is 24.3 Å². The maximum Gasteiger partial charge on any atom is 0.224 e. The Morgan fingerprint density at radius 2 is 1.71 bits per heavy atom. The Hall–Kier alpha value is -1.60. The van der Waals surface area contributed by atoms with E-state index < -0.39 is 14.8 Å². The van der Waals surface area contributed by atoms with Gasteiger partial charge in [-0.25, -0.2) is 13.1 Å². The zero-order valence-electron chi connectivity index (χ0n) is 17.3. The first-order valence-corrected chi connectivity index (χ1v) is 11.7. The van der Waals surface area contributed by atoms with Crippen LogP contribution in [0.2, 0.25) is 0 Å². The summed E-state index contributed by atoms with van der Waals surface area (Å²) in [5.41, 5.74) is 0.745. The standard InChI is InChI=1S/C21H34N2O4S/c1-21(2,3)28(25,26)22-16-8-7-11-20(24)23-17-12-14-19(15-13-17)27-18-9-5-4-6-10-18/h12-15,18,22H,4-11,16H2,1-3H3,(H,23,24). The molecule has 2 rings (SSSR count). The van der Waals surface area contributed by atoms with Crippen molar-refractivity contribution in [1.29, 1.82) is 0 Å². The van der Waals surface area contributed by atoms with E-state index in [4.69, 9.17) is 4.74 Å². The highest BCUT2D eigenvalue weighted by Gasteiger charge is 2.27. The van der Waals surface area contributed by atoms with Crippen LogP contribution in [-0.2, 0) is 14.8 Å². The van der Waals surface area contributed by atoms with Gasteiger partial charge in [0.25, 0.3) is 0 Å². The average molecular weight is 411 g/mol. The van der Waals surface area contributed by atoms with E-state index in [0.29, 0.717) is 31.9 Å². The Morgan fingerprint density at radius 3 is 2.32 bits per heavy atom. The number of unbranched alkanes of at least 4 members (excludes halogenated alkanes) is 1. The highest BCUT2D eigenvalue weighted by atomic mass is 32.2. The smallest absolute Gasteiger partial charge is 0.224 e. The summed E-state index contributed by atoms with van der Waals surface area (Å²) in [4.78, 5) is 12.1. The molecule has 158 valence electrons. The number of carbonyl (C=O) groups is 1. The molecule has 2 N–H and O–H groups in total. The topological polar surface area (TPSA) is 84.5 Å². The number of ether oxygens (including phenoxy) is 1. The summed E-state index contributed by atoms with van der Waals surface area (Å²) >= 11 is 0. The second-order valence-electron chi connectivity index (χ2n) is 8.42. The van der Waals surface area contributed by atoms with Crippen molar-refractivity contribution in [1.82, 2.24) is 4.72 Å². The van der Waals surface area contributed by atoms with Gasteiger partial charge in [-0.1, -0.05) is 6.42 Å². The van der Waals surface area contributed by atoms with Gasteiger partial charge in [0.05, 0.1) is 10.9 Å². The summed E-state index contributed by atoms with van der Waals surface area (Å²) in [6, 6.07) is 7.50. The predicted molar refractivity (Wildman–Crippen MR) is 113 cm³/mol. The lowest BCUT2D eigenvalue weighted by Crippen LogP contribution is -2.39. The minimum absolute atomic E-state index is 0.0698. The second-order valence-corrected chi connectivity index (χ2v) is 10.9. The maximum absolute atomic E-state index is 12.1. The van der Waals surface area contributed by atoms with E-state index >= 15 is 0 Å². The van der Waals surface area contributed by atoms with Crippen molar-refractivity contribution in [2.75, 3.05) is 11.9 Å². The van der Waals surface area contributed by atoms with E-state index in [1.54, 1.807) is 20.8 Å². The fourth-order valence-electron chi connectivity index (χ4n) is 3.05. The third kappa shape index (κ3) is 7.43. The largest absolute Gasteiger partial charge is 0.490 e. The van der Waals surface area contributed by atoms with Gasteiger partial charge < -0.3 is 10.1 Å². The molecule has 6 nitrogen and oxygen atoms in total. The normalized spacial score (nSPS) is 16.0. The fraction of sp³-hybridized carbons (Fsp3) is 0.667. The summed E-state index contributed by atoms with van der Waals surface area (Å²) in [5.74, 6) is 0.774. The van der Waals surface area contributed by atoms with E-state index in [1.807, 2.05) is 24.3 Å². The maximum atomic E-state index is 12.1. The molecule has 0 aliphatic heterocycles. The van der Waals surface area contributed by atoms with Gasteiger partial charge in [0.2, 0.25) is 15.9 Å². The minimum Gasteiger partial charge on any atom is -0.490 e. The van der Waals surface area contributed by atoms with Crippen LogP contribution in [0.1, 0.15) is 72.1 Å². The van der Waals surface area contributed by atoms with E-state index in [2.05, 4.69) is 10.0 Å². The van der Waals surface area contributed by atoms with Crippen LogP contribution in [0, 0.1) is 0 Å². The Labute approximate surface area is 169 Å². The third-order valence-corrected chi connectivity index (χ3v) is 7.12. The van der Waals surface area contributed by atoms with Crippen LogP contribution < -0.4 is 14.8 Å². The lowest BCUT2D eigenvalue weighted by molar-refractivity contribution is -0.116. The first kappa shape index (κ1) is 22.7. The highest BCUT2D eigenvalue weighted by Crippen LogP contribution is 2.24. The molecule has 0 radical (unpaired) electrons. The Kier molecular flexibility index (Phi) is 8.31. The molecule has 0 heterocycles. The number of hydrogen-bond donors (Lipinski definition) is 2. The quantitative estimate of drug-likeness (QED) is 0.597. The van der Waals surface area contributed by atoms with Crippen LogP contribution >= 0.6 is 0 Å². The van der Waals surface area contributed by atoms with Crippen molar-refractivity contribution >= 4 is 21.6 Å². The summed E-state index contributed by atoms with van der Waals surface area (Å²) in [6.07, 6.45) is 7.91. The van der Waals surface area contributed by atoms with Crippen molar-refractivity contribution in [2.45, 2.75) is 83.0 Å². The van der Waals surface area contributed by atoms with Crippen molar-refractivity contribution in [3.8, 4) is 5.75 Å². The molecule has 7 heteroatoms.